The van der Waals surface area contributed by atoms with E-state index in [0.717, 1.165) is 5.56 Å². The summed E-state index contributed by atoms with van der Waals surface area (Å²) in [6.45, 7) is 6.31. The minimum absolute atomic E-state index is 0.0173. The van der Waals surface area contributed by atoms with Gasteiger partial charge in [-0.25, -0.2) is 0 Å². The van der Waals surface area contributed by atoms with Crippen molar-refractivity contribution in [1.29, 1.82) is 0 Å². The minimum Gasteiger partial charge on any atom is -0.490 e. The van der Waals surface area contributed by atoms with Crippen LogP contribution in [0.2, 0.25) is 0 Å². The summed E-state index contributed by atoms with van der Waals surface area (Å²) in [5.74, 6) is 0.192. The van der Waals surface area contributed by atoms with Crippen molar-refractivity contribution in [3.8, 4) is 11.5 Å². The van der Waals surface area contributed by atoms with Gasteiger partial charge in [0, 0.05) is 38.0 Å². The van der Waals surface area contributed by atoms with Gasteiger partial charge in [0.2, 0.25) is 11.8 Å². The molecule has 0 atom stereocenters. The van der Waals surface area contributed by atoms with E-state index < -0.39 is 12.0 Å². The summed E-state index contributed by atoms with van der Waals surface area (Å²) < 4.78 is 35.0. The Morgan fingerprint density at radius 2 is 1.83 bits per heavy atom. The number of rotatable bonds is 7. The number of halogens is 2. The average molecular weight is 427 g/mol. The lowest BCUT2D eigenvalue weighted by Gasteiger charge is -2.36. The van der Waals surface area contributed by atoms with Crippen LogP contribution < -0.4 is 9.47 Å². The van der Waals surface area contributed by atoms with Gasteiger partial charge in [-0.2, -0.15) is 8.78 Å². The molecular formula is C22H32F2N2O4. The number of hydrogen-bond donors (Lipinski definition) is 0. The van der Waals surface area contributed by atoms with Gasteiger partial charge in [-0.1, -0.05) is 26.8 Å². The molecule has 0 bridgehead atoms. The van der Waals surface area contributed by atoms with Crippen molar-refractivity contribution in [2.75, 3.05) is 26.7 Å². The van der Waals surface area contributed by atoms with E-state index >= 15 is 0 Å². The Morgan fingerprint density at radius 1 is 1.20 bits per heavy atom. The van der Waals surface area contributed by atoms with Crippen molar-refractivity contribution < 1.29 is 27.8 Å². The molecule has 30 heavy (non-hydrogen) atoms. The van der Waals surface area contributed by atoms with E-state index in [-0.39, 0.29) is 29.2 Å². The Balaban J connectivity index is 1.97. The normalized spacial score (nSPS) is 15.3. The van der Waals surface area contributed by atoms with Crippen molar-refractivity contribution in [2.45, 2.75) is 53.7 Å². The molecule has 1 aliphatic rings. The van der Waals surface area contributed by atoms with Gasteiger partial charge in [-0.05, 0) is 37.5 Å². The van der Waals surface area contributed by atoms with Crippen LogP contribution in [0.4, 0.5) is 8.78 Å². The van der Waals surface area contributed by atoms with E-state index in [0.29, 0.717) is 39.1 Å². The Labute approximate surface area is 177 Å². The lowest BCUT2D eigenvalue weighted by molar-refractivity contribution is -0.144. The fourth-order valence-corrected chi connectivity index (χ4v) is 3.58. The van der Waals surface area contributed by atoms with E-state index in [1.807, 2.05) is 25.7 Å². The molecule has 0 aromatic heterocycles. The fourth-order valence-electron chi connectivity index (χ4n) is 3.58. The van der Waals surface area contributed by atoms with E-state index in [2.05, 4.69) is 4.74 Å². The van der Waals surface area contributed by atoms with Crippen LogP contribution in [0, 0.1) is 11.3 Å². The zero-order valence-electron chi connectivity index (χ0n) is 18.4. The summed E-state index contributed by atoms with van der Waals surface area (Å²) in [5.41, 5.74) is 0.336. The predicted molar refractivity (Wildman–Crippen MR) is 109 cm³/mol. The molecule has 0 unspecified atom stereocenters. The summed E-state index contributed by atoms with van der Waals surface area (Å²) in [7, 11) is 1.72. The SMILES string of the molecule is CCOc1cc(CN(C)C(=O)C2CCN(C(=O)C(C)(C)C)CC2)ccc1OC(F)F. The van der Waals surface area contributed by atoms with Crippen LogP contribution >= 0.6 is 0 Å². The van der Waals surface area contributed by atoms with Crippen molar-refractivity contribution in [3.63, 3.8) is 0 Å². The molecule has 0 radical (unpaired) electrons. The van der Waals surface area contributed by atoms with Crippen LogP contribution in [0.5, 0.6) is 11.5 Å². The number of carbonyl (C=O) groups excluding carboxylic acids is 2. The minimum atomic E-state index is -2.93. The summed E-state index contributed by atoms with van der Waals surface area (Å²) >= 11 is 0. The number of carbonyl (C=O) groups is 2. The predicted octanol–water partition coefficient (Wildman–Crippen LogP) is 3.93. The molecule has 0 N–H and O–H groups in total. The highest BCUT2D eigenvalue weighted by atomic mass is 19.3. The second kappa shape index (κ2) is 10.1. The fraction of sp³-hybridized carbons (Fsp3) is 0.636. The molecule has 1 heterocycles. The zero-order chi connectivity index (χ0) is 22.5. The highest BCUT2D eigenvalue weighted by Gasteiger charge is 2.33. The molecule has 0 saturated carbocycles. The van der Waals surface area contributed by atoms with Crippen LogP contribution in [0.1, 0.15) is 46.1 Å². The molecule has 2 amide bonds. The smallest absolute Gasteiger partial charge is 0.387 e. The summed E-state index contributed by atoms with van der Waals surface area (Å²) in [6, 6.07) is 4.70. The molecule has 1 aromatic carbocycles. The van der Waals surface area contributed by atoms with Gasteiger partial charge in [0.05, 0.1) is 6.61 Å². The number of piperidine rings is 1. The molecule has 0 aliphatic carbocycles. The number of benzene rings is 1. The van der Waals surface area contributed by atoms with Crippen molar-refractivity contribution in [3.05, 3.63) is 23.8 Å². The van der Waals surface area contributed by atoms with Crippen LogP contribution in [0.25, 0.3) is 0 Å². The van der Waals surface area contributed by atoms with Crippen LogP contribution in [-0.4, -0.2) is 55.0 Å². The average Bonchev–Trinajstić information content (AvgIpc) is 2.68. The molecule has 8 heteroatoms. The Bertz CT molecular complexity index is 741. The summed E-state index contributed by atoms with van der Waals surface area (Å²) in [4.78, 5) is 28.7. The zero-order valence-corrected chi connectivity index (χ0v) is 18.4. The number of alkyl halides is 2. The van der Waals surface area contributed by atoms with Gasteiger partial charge < -0.3 is 19.3 Å². The van der Waals surface area contributed by atoms with Gasteiger partial charge >= 0.3 is 6.61 Å². The van der Waals surface area contributed by atoms with Gasteiger partial charge in [-0.3, -0.25) is 9.59 Å². The lowest BCUT2D eigenvalue weighted by Crippen LogP contribution is -2.46. The van der Waals surface area contributed by atoms with Crippen LogP contribution in [0.15, 0.2) is 18.2 Å². The Kier molecular flexibility index (Phi) is 8.03. The first-order valence-electron chi connectivity index (χ1n) is 10.3. The number of ether oxygens (including phenoxy) is 2. The maximum atomic E-state index is 12.9. The van der Waals surface area contributed by atoms with Gasteiger partial charge in [-0.15, -0.1) is 0 Å². The molecule has 6 nitrogen and oxygen atoms in total. The molecular weight excluding hydrogens is 394 g/mol. The van der Waals surface area contributed by atoms with E-state index in [1.54, 1.807) is 31.0 Å². The van der Waals surface area contributed by atoms with E-state index in [4.69, 9.17) is 4.74 Å². The Morgan fingerprint density at radius 3 is 2.37 bits per heavy atom. The van der Waals surface area contributed by atoms with Gasteiger partial charge in [0.1, 0.15) is 0 Å². The third kappa shape index (κ3) is 6.31. The highest BCUT2D eigenvalue weighted by Crippen LogP contribution is 2.31. The molecule has 0 spiro atoms. The maximum absolute atomic E-state index is 12.9. The maximum Gasteiger partial charge on any atom is 0.387 e. The largest absolute Gasteiger partial charge is 0.490 e. The third-order valence-corrected chi connectivity index (χ3v) is 5.09. The molecule has 1 aliphatic heterocycles. The van der Waals surface area contributed by atoms with Crippen LogP contribution in [-0.2, 0) is 16.1 Å². The van der Waals surface area contributed by atoms with E-state index in [9.17, 15) is 18.4 Å². The third-order valence-electron chi connectivity index (χ3n) is 5.09. The van der Waals surface area contributed by atoms with Crippen molar-refractivity contribution in [2.24, 2.45) is 11.3 Å². The first-order chi connectivity index (χ1) is 14.0. The Hall–Kier alpha value is -2.38. The van der Waals surface area contributed by atoms with Gasteiger partial charge in [0.25, 0.3) is 0 Å². The van der Waals surface area contributed by atoms with Crippen molar-refractivity contribution >= 4 is 11.8 Å². The lowest BCUT2D eigenvalue weighted by atomic mass is 9.90. The monoisotopic (exact) mass is 426 g/mol. The second-order valence-electron chi connectivity index (χ2n) is 8.60. The van der Waals surface area contributed by atoms with Crippen LogP contribution in [0.3, 0.4) is 0 Å². The molecule has 168 valence electrons. The first-order valence-corrected chi connectivity index (χ1v) is 10.3. The second-order valence-corrected chi connectivity index (χ2v) is 8.60. The van der Waals surface area contributed by atoms with E-state index in [1.165, 1.54) is 6.07 Å². The van der Waals surface area contributed by atoms with Gasteiger partial charge in [0.15, 0.2) is 11.5 Å². The first kappa shape index (κ1) is 23.9. The highest BCUT2D eigenvalue weighted by molar-refractivity contribution is 5.82. The molecule has 1 saturated heterocycles. The number of nitrogens with zero attached hydrogens (tertiary/aromatic N) is 2. The summed E-state index contributed by atoms with van der Waals surface area (Å²) in [5, 5.41) is 0. The molecule has 1 aromatic rings. The topological polar surface area (TPSA) is 59.1 Å². The molecule has 1 fully saturated rings. The molecule has 2 rings (SSSR count). The van der Waals surface area contributed by atoms with Crippen molar-refractivity contribution in [1.82, 2.24) is 9.80 Å². The quantitative estimate of drug-likeness (QED) is 0.663. The summed E-state index contributed by atoms with van der Waals surface area (Å²) in [6.07, 6.45) is 1.27. The number of amides is 2. The number of hydrogen-bond acceptors (Lipinski definition) is 4. The standard InChI is InChI=1S/C22H32F2N2O4/c1-6-29-18-13-15(7-8-17(18)30-21(23)24)14-25(5)19(27)16-9-11-26(12-10-16)20(28)22(2,3)4/h7-8,13,16,21H,6,9-12,14H2,1-5H3. The number of likely N-dealkylation sites (tertiary alicyclic amines) is 1.